The minimum Gasteiger partial charge on any atom is -0.285 e. The minimum absolute atomic E-state index is 0.199. The van der Waals surface area contributed by atoms with Crippen LogP contribution in [0.1, 0.15) is 38.5 Å². The SMILES string of the molecule is O=S(=O)(O)O[C@H]1[C@H](OS(=O)(=O)O)[C@@H](N(CCCCCCCCN([C@H]2C=C[C@@H](OS(=O)(=O)O)[C@@H](OS(=O)(=O)O)[C@@H]2OS(=O)(=O)O)[C@H]2C=C[C@@H](OS(=O)(=O)O)[C@@H](OS(=O)(=O)O)[C@@H]2OS(=O)(=O)O)[C@H]2C=C[C@@H](OS(=O)(=O)O)[C@@H](OS(=O)(=O)O)[C@@H]2OS(=O)(=O)O)C=C[C@H]1OS(=O)(=O)O. The Morgan fingerprint density at radius 1 is 0.202 bits per heavy atom. The van der Waals surface area contributed by atoms with Crippen molar-refractivity contribution in [3.05, 3.63) is 48.6 Å². The Kier molecular flexibility index (Phi) is 28.0. The van der Waals surface area contributed by atoms with Crippen LogP contribution in [0.25, 0.3) is 0 Å². The van der Waals surface area contributed by atoms with Gasteiger partial charge in [-0.1, -0.05) is 74.3 Å². The van der Waals surface area contributed by atoms with Gasteiger partial charge in [0.15, 0.2) is 0 Å². The van der Waals surface area contributed by atoms with Gasteiger partial charge in [0.2, 0.25) is 0 Å². The molecule has 16 atom stereocenters. The zero-order valence-corrected chi connectivity index (χ0v) is 55.2. The monoisotopic (exact) mass is 1620 g/mol. The van der Waals surface area contributed by atoms with Crippen molar-refractivity contribution in [1.29, 1.82) is 0 Å². The smallest absolute Gasteiger partial charge is 0.285 e. The largest absolute Gasteiger partial charge is 0.398 e. The van der Waals surface area contributed by atoms with Crippen LogP contribution < -0.4 is 0 Å². The van der Waals surface area contributed by atoms with Crippen LogP contribution in [0.2, 0.25) is 0 Å². The third kappa shape index (κ3) is 30.0. The number of rotatable bonds is 37. The average Bonchev–Trinajstić information content (AvgIpc) is 0.766. The Morgan fingerprint density at radius 3 is 0.489 bits per heavy atom. The Hall–Kier alpha value is -2.68. The van der Waals surface area contributed by atoms with Crippen LogP contribution in [0.15, 0.2) is 48.6 Å². The van der Waals surface area contributed by atoms with E-state index in [1.807, 2.05) is 0 Å². The molecule has 0 fully saturated rings. The maximum absolute atomic E-state index is 12.4. The number of hydrogen-bond acceptors (Lipinski definition) is 38. The molecule has 0 saturated heterocycles. The molecule has 12 N–H and O–H groups in total. The van der Waals surface area contributed by atoms with Crippen LogP contribution in [0, 0.1) is 0 Å². The van der Waals surface area contributed by atoms with Crippen LogP contribution in [-0.2, 0) is 175 Å². The molecule has 0 aromatic carbocycles. The second kappa shape index (κ2) is 31.5. The summed E-state index contributed by atoms with van der Waals surface area (Å²) in [4.78, 5) is 1.18. The first-order valence-electron chi connectivity index (χ1n) is 24.2. The number of unbranched alkanes of at least 4 members (excludes halogenated alkanes) is 5. The molecule has 62 heteroatoms. The van der Waals surface area contributed by atoms with Crippen LogP contribution in [0.3, 0.4) is 0 Å². The van der Waals surface area contributed by atoms with E-state index < -0.39 is 248 Å². The Morgan fingerprint density at radius 2 is 0.340 bits per heavy atom. The van der Waals surface area contributed by atoms with Crippen LogP contribution in [0.5, 0.6) is 0 Å². The van der Waals surface area contributed by atoms with E-state index in [4.69, 9.17) is 0 Å². The van der Waals surface area contributed by atoms with Crippen molar-refractivity contribution in [2.24, 2.45) is 0 Å². The highest BCUT2D eigenvalue weighted by Gasteiger charge is 2.55. The predicted molar refractivity (Wildman–Crippen MR) is 290 cm³/mol. The summed E-state index contributed by atoms with van der Waals surface area (Å²) >= 11 is 0. The molecule has 0 saturated carbocycles. The summed E-state index contributed by atoms with van der Waals surface area (Å²) in [7, 11) is -71.7. The van der Waals surface area contributed by atoms with Crippen LogP contribution >= 0.6 is 0 Å². The zero-order valence-electron chi connectivity index (χ0n) is 45.4. The number of hydrogen-bond donors (Lipinski definition) is 12. The van der Waals surface area contributed by atoms with Gasteiger partial charge in [-0.15, -0.1) is 0 Å². The molecule has 0 radical (unpaired) electrons. The standard InChI is InChI=1S/C32H52N2O48S12/c35-83(36,37)71-21-11-7-17(25(75-87(47,48)49)29(21)79-91(59,60)61)33(18-8-12-22(72-84(38,39)40)30(80-92(62,63)64)26(18)76-88(50,51)52)15-5-3-1-2-4-6-16-34(19-9-13-23(73-85(41,42)43)31(81-93(65,66)67)27(19)77-89(53,54)55)20-10-14-24(74-86(44,45)46)32(82-94(68,69)70)28(20)78-90(56,57)58/h7-14,17-32H,1-6,15-16H2,(H,35,36,37)(H,38,39,40)(H,41,42,43)(H,44,45,46)(H,47,48,49)(H,50,51,52)(H,53,54,55)(H,56,57,58)(H,59,60,61)(H,62,63,64)(H,65,66,67)(H,68,69,70)/t17-,18-,19-,20-,21+,22+,23+,24+,25+,26+,27+,28+,29+,30+,31+,32+/m0/s1. The van der Waals surface area contributed by atoms with E-state index in [1.54, 1.807) is 0 Å². The average molecular weight is 1620 g/mol. The highest BCUT2D eigenvalue weighted by Crippen LogP contribution is 2.38. The molecule has 4 aliphatic carbocycles. The fourth-order valence-electron chi connectivity index (χ4n) is 9.70. The van der Waals surface area contributed by atoms with Crippen molar-refractivity contribution in [2.45, 2.75) is 136 Å². The molecule has 0 aliphatic heterocycles. The van der Waals surface area contributed by atoms with Crippen molar-refractivity contribution < 1.29 is 206 Å². The Bertz CT molecular complexity index is 3710. The number of nitrogens with zero attached hydrogens (tertiary/aromatic N) is 2. The van der Waals surface area contributed by atoms with Crippen molar-refractivity contribution in [3.8, 4) is 0 Å². The van der Waals surface area contributed by atoms with Gasteiger partial charge in [-0.2, -0.15) is 101 Å². The molecule has 94 heavy (non-hydrogen) atoms. The highest BCUT2D eigenvalue weighted by molar-refractivity contribution is 7.83. The summed E-state index contributed by atoms with van der Waals surface area (Å²) in [6.07, 6.45) is -32.5. The molecule has 0 heterocycles. The van der Waals surface area contributed by atoms with E-state index in [9.17, 15) is 156 Å². The van der Waals surface area contributed by atoms with Crippen LogP contribution in [0.4, 0.5) is 0 Å². The summed E-state index contributed by atoms with van der Waals surface area (Å²) in [5.74, 6) is 0. The van der Waals surface area contributed by atoms with Gasteiger partial charge in [-0.3, -0.25) is 64.4 Å². The summed E-state index contributed by atoms with van der Waals surface area (Å²) < 4.78 is 461. The fraction of sp³-hybridized carbons (Fsp3) is 0.750. The second-order valence-electron chi connectivity index (χ2n) is 19.0. The van der Waals surface area contributed by atoms with Gasteiger partial charge in [0.25, 0.3) is 0 Å². The normalized spacial score (nSPS) is 29.9. The molecule has 0 aromatic heterocycles. The fourth-order valence-corrected chi connectivity index (χ4v) is 15.5. The van der Waals surface area contributed by atoms with E-state index in [2.05, 4.69) is 50.2 Å². The van der Waals surface area contributed by atoms with E-state index in [0.29, 0.717) is 58.4 Å². The first-order valence-corrected chi connectivity index (χ1v) is 40.6. The molecule has 50 nitrogen and oxygen atoms in total. The van der Waals surface area contributed by atoms with Gasteiger partial charge in [0.1, 0.15) is 73.2 Å². The van der Waals surface area contributed by atoms with Gasteiger partial charge in [0.05, 0.1) is 24.2 Å². The highest BCUT2D eigenvalue weighted by atomic mass is 32.3. The van der Waals surface area contributed by atoms with Crippen molar-refractivity contribution >= 4 is 125 Å². The molecular weight excluding hydrogens is 1570 g/mol. The Labute approximate surface area is 534 Å². The van der Waals surface area contributed by atoms with Gasteiger partial charge >= 0.3 is 125 Å². The molecule has 4 rings (SSSR count). The lowest BCUT2D eigenvalue weighted by Gasteiger charge is -2.47. The lowest BCUT2D eigenvalue weighted by atomic mass is 9.87. The molecule has 0 amide bonds. The predicted octanol–water partition coefficient (Wildman–Crippen LogP) is -6.06. The Balaban J connectivity index is 1.89. The van der Waals surface area contributed by atoms with Gasteiger partial charge in [-0.05, 0) is 25.9 Å². The molecule has 0 unspecified atom stereocenters. The summed E-state index contributed by atoms with van der Waals surface area (Å²) in [6.45, 7) is -1.81. The van der Waals surface area contributed by atoms with Crippen LogP contribution in [-0.4, -0.2) is 276 Å². The topological polar surface area (TPSA) is 770 Å². The lowest BCUT2D eigenvalue weighted by molar-refractivity contribution is -0.0826. The third-order valence-electron chi connectivity index (χ3n) is 12.3. The van der Waals surface area contributed by atoms with Gasteiger partial charge in [0, 0.05) is 0 Å². The van der Waals surface area contributed by atoms with Gasteiger partial charge < -0.3 is 0 Å². The quantitative estimate of drug-likeness (QED) is 0.0156. The summed E-state index contributed by atoms with van der Waals surface area (Å²) in [5.41, 5.74) is 0. The van der Waals surface area contributed by atoms with E-state index >= 15 is 0 Å². The summed E-state index contributed by atoms with van der Waals surface area (Å²) in [6, 6.07) is -9.41. The minimum atomic E-state index is -6.08. The second-order valence-corrected chi connectivity index (χ2v) is 31.5. The first-order chi connectivity index (χ1) is 42.1. The molecule has 550 valence electrons. The molecular formula is C32H52N2O48S12. The lowest BCUT2D eigenvalue weighted by Crippen LogP contribution is -2.64. The van der Waals surface area contributed by atoms with Crippen molar-refractivity contribution in [1.82, 2.24) is 9.80 Å². The zero-order chi connectivity index (χ0) is 72.2. The third-order valence-corrected chi connectivity index (χ3v) is 17.9. The molecule has 0 spiro atoms. The maximum Gasteiger partial charge on any atom is 0.398 e. The molecule has 0 aromatic rings. The van der Waals surface area contributed by atoms with Crippen molar-refractivity contribution in [3.63, 3.8) is 0 Å². The molecule has 0 bridgehead atoms. The van der Waals surface area contributed by atoms with E-state index in [0.717, 1.165) is 0 Å². The summed E-state index contributed by atoms with van der Waals surface area (Å²) in [5, 5.41) is 0. The van der Waals surface area contributed by atoms with Crippen molar-refractivity contribution in [2.75, 3.05) is 13.1 Å². The van der Waals surface area contributed by atoms with E-state index in [1.165, 1.54) is 0 Å². The van der Waals surface area contributed by atoms with E-state index in [-0.39, 0.29) is 25.7 Å². The first kappa shape index (κ1) is 83.7. The van der Waals surface area contributed by atoms with Gasteiger partial charge in [-0.25, -0.2) is 50.2 Å². The molecule has 4 aliphatic rings. The maximum atomic E-state index is 12.4.